The monoisotopic (exact) mass is 224 g/mol. The Kier molecular flexibility index (Phi) is 3.53. The first kappa shape index (κ1) is 11.9. The van der Waals surface area contributed by atoms with E-state index in [2.05, 4.69) is 4.90 Å². The minimum Gasteiger partial charge on any atom is -0.369 e. The second kappa shape index (κ2) is 4.74. The van der Waals surface area contributed by atoms with Gasteiger partial charge in [0.1, 0.15) is 0 Å². The van der Waals surface area contributed by atoms with Gasteiger partial charge in [-0.15, -0.1) is 0 Å². The number of rotatable bonds is 4. The van der Waals surface area contributed by atoms with E-state index in [1.165, 1.54) is 25.8 Å². The van der Waals surface area contributed by atoms with E-state index in [-0.39, 0.29) is 11.3 Å². The summed E-state index contributed by atoms with van der Waals surface area (Å²) in [4.78, 5) is 13.9. The quantitative estimate of drug-likeness (QED) is 0.791. The van der Waals surface area contributed by atoms with Crippen LogP contribution in [0.2, 0.25) is 0 Å². The van der Waals surface area contributed by atoms with Gasteiger partial charge < -0.3 is 10.6 Å². The predicted molar refractivity (Wildman–Crippen MR) is 64.9 cm³/mol. The van der Waals surface area contributed by atoms with Gasteiger partial charge in [0.05, 0.1) is 0 Å². The molecule has 2 N–H and O–H groups in total. The number of amides is 1. The van der Waals surface area contributed by atoms with Crippen molar-refractivity contribution in [2.75, 3.05) is 19.6 Å². The highest BCUT2D eigenvalue weighted by Gasteiger charge is 2.33. The van der Waals surface area contributed by atoms with Gasteiger partial charge in [0.2, 0.25) is 5.91 Å². The zero-order valence-corrected chi connectivity index (χ0v) is 10.4. The average Bonchev–Trinajstić information content (AvgIpc) is 3.03. The van der Waals surface area contributed by atoms with Crippen molar-refractivity contribution in [3.8, 4) is 0 Å². The van der Waals surface area contributed by atoms with Crippen molar-refractivity contribution < 1.29 is 4.79 Å². The first-order valence-corrected chi connectivity index (χ1v) is 6.62. The van der Waals surface area contributed by atoms with Crippen LogP contribution >= 0.6 is 0 Å². The van der Waals surface area contributed by atoms with Crippen molar-refractivity contribution in [3.63, 3.8) is 0 Å². The summed E-state index contributed by atoms with van der Waals surface area (Å²) in [6.45, 7) is 5.45. The Hall–Kier alpha value is -0.570. The average molecular weight is 224 g/mol. The van der Waals surface area contributed by atoms with Gasteiger partial charge in [0.25, 0.3) is 0 Å². The lowest BCUT2D eigenvalue weighted by Gasteiger charge is -2.24. The molecule has 2 rings (SSSR count). The predicted octanol–water partition coefficient (Wildman–Crippen LogP) is 1.76. The number of primary amides is 1. The van der Waals surface area contributed by atoms with Crippen LogP contribution in [-0.4, -0.2) is 30.4 Å². The summed E-state index contributed by atoms with van der Waals surface area (Å²) >= 11 is 0. The van der Waals surface area contributed by atoms with Crippen LogP contribution in [0.3, 0.4) is 0 Å². The second-order valence-electron chi connectivity index (χ2n) is 5.85. The molecule has 0 aromatic carbocycles. The highest BCUT2D eigenvalue weighted by molar-refractivity contribution is 5.80. The maximum atomic E-state index is 11.4. The van der Waals surface area contributed by atoms with Crippen LogP contribution in [0.4, 0.5) is 0 Å². The Bertz CT molecular complexity index is 263. The Labute approximate surface area is 98.4 Å². The lowest BCUT2D eigenvalue weighted by atomic mass is 9.82. The number of nitrogens with zero attached hydrogens (tertiary/aromatic N) is 1. The molecule has 2 aliphatic rings. The van der Waals surface area contributed by atoms with Gasteiger partial charge in [-0.2, -0.15) is 0 Å². The molecule has 0 aromatic rings. The largest absolute Gasteiger partial charge is 0.369 e. The third-order valence-corrected chi connectivity index (χ3v) is 4.33. The molecule has 1 heterocycles. The first-order chi connectivity index (χ1) is 7.60. The molecule has 1 saturated heterocycles. The smallest absolute Gasteiger partial charge is 0.223 e. The molecule has 92 valence electrons. The SMILES string of the molecule is CC1(C(N)=O)CCCN(CCC2CC2)CC1. The molecule has 1 saturated carbocycles. The molecule has 0 spiro atoms. The van der Waals surface area contributed by atoms with Crippen molar-refractivity contribution in [1.29, 1.82) is 0 Å². The van der Waals surface area contributed by atoms with Crippen molar-refractivity contribution >= 4 is 5.91 Å². The summed E-state index contributed by atoms with van der Waals surface area (Å²) in [5.41, 5.74) is 5.24. The van der Waals surface area contributed by atoms with Crippen molar-refractivity contribution in [3.05, 3.63) is 0 Å². The lowest BCUT2D eigenvalue weighted by Crippen LogP contribution is -2.35. The summed E-state index contributed by atoms with van der Waals surface area (Å²) in [5.74, 6) is 0.891. The number of nitrogens with two attached hydrogens (primary N) is 1. The van der Waals surface area contributed by atoms with Crippen molar-refractivity contribution in [1.82, 2.24) is 4.90 Å². The summed E-state index contributed by atoms with van der Waals surface area (Å²) in [5, 5.41) is 0. The summed E-state index contributed by atoms with van der Waals surface area (Å²) in [6.07, 6.45) is 7.24. The topological polar surface area (TPSA) is 46.3 Å². The number of hydrogen-bond donors (Lipinski definition) is 1. The second-order valence-corrected chi connectivity index (χ2v) is 5.85. The van der Waals surface area contributed by atoms with Crippen LogP contribution < -0.4 is 5.73 Å². The van der Waals surface area contributed by atoms with Crippen molar-refractivity contribution in [2.24, 2.45) is 17.1 Å². The highest BCUT2D eigenvalue weighted by Crippen LogP contribution is 2.34. The molecule has 16 heavy (non-hydrogen) atoms. The van der Waals surface area contributed by atoms with E-state index in [9.17, 15) is 4.79 Å². The fraction of sp³-hybridized carbons (Fsp3) is 0.923. The van der Waals surface area contributed by atoms with Crippen molar-refractivity contribution in [2.45, 2.75) is 45.4 Å². The molecule has 0 bridgehead atoms. The Balaban J connectivity index is 1.79. The molecule has 3 nitrogen and oxygen atoms in total. The Morgan fingerprint density at radius 2 is 2.12 bits per heavy atom. The molecule has 3 heteroatoms. The standard InChI is InChI=1S/C13H24N2O/c1-13(12(14)16)6-2-8-15(10-7-13)9-5-11-3-4-11/h11H,2-10H2,1H3,(H2,14,16). The maximum absolute atomic E-state index is 11.4. The van der Waals surface area contributed by atoms with E-state index in [1.54, 1.807) is 0 Å². The van der Waals surface area contributed by atoms with E-state index in [1.807, 2.05) is 6.92 Å². The summed E-state index contributed by atoms with van der Waals surface area (Å²) < 4.78 is 0. The van der Waals surface area contributed by atoms with E-state index < -0.39 is 0 Å². The summed E-state index contributed by atoms with van der Waals surface area (Å²) in [7, 11) is 0. The number of hydrogen-bond acceptors (Lipinski definition) is 2. The molecule has 1 atom stereocenters. The van der Waals surface area contributed by atoms with Gasteiger partial charge >= 0.3 is 0 Å². The minimum atomic E-state index is -0.256. The van der Waals surface area contributed by atoms with Gasteiger partial charge in [-0.25, -0.2) is 0 Å². The summed E-state index contributed by atoms with van der Waals surface area (Å²) in [6, 6.07) is 0. The fourth-order valence-electron chi connectivity index (χ4n) is 2.58. The zero-order valence-electron chi connectivity index (χ0n) is 10.4. The molecular formula is C13H24N2O. The van der Waals surface area contributed by atoms with Crippen LogP contribution in [0.15, 0.2) is 0 Å². The van der Waals surface area contributed by atoms with E-state index >= 15 is 0 Å². The van der Waals surface area contributed by atoms with Gasteiger partial charge in [-0.1, -0.05) is 19.8 Å². The molecule has 1 aliphatic carbocycles. The molecule has 0 radical (unpaired) electrons. The van der Waals surface area contributed by atoms with E-state index in [4.69, 9.17) is 5.73 Å². The number of carbonyl (C=O) groups excluding carboxylic acids is 1. The highest BCUT2D eigenvalue weighted by atomic mass is 16.1. The lowest BCUT2D eigenvalue weighted by molar-refractivity contribution is -0.127. The minimum absolute atomic E-state index is 0.114. The fourth-order valence-corrected chi connectivity index (χ4v) is 2.58. The molecule has 1 unspecified atom stereocenters. The third-order valence-electron chi connectivity index (χ3n) is 4.33. The first-order valence-electron chi connectivity index (χ1n) is 6.62. The molecular weight excluding hydrogens is 200 g/mol. The van der Waals surface area contributed by atoms with Crippen LogP contribution in [0.25, 0.3) is 0 Å². The molecule has 0 aromatic heterocycles. The van der Waals surface area contributed by atoms with Crippen LogP contribution in [0.5, 0.6) is 0 Å². The molecule has 2 fully saturated rings. The Morgan fingerprint density at radius 3 is 2.75 bits per heavy atom. The zero-order chi connectivity index (χ0) is 11.6. The number of likely N-dealkylation sites (tertiary alicyclic amines) is 1. The van der Waals surface area contributed by atoms with Gasteiger partial charge in [0, 0.05) is 5.41 Å². The third kappa shape index (κ3) is 2.97. The van der Waals surface area contributed by atoms with E-state index in [0.29, 0.717) is 0 Å². The molecule has 1 amide bonds. The normalized spacial score (nSPS) is 32.3. The van der Waals surface area contributed by atoms with Gasteiger partial charge in [0.15, 0.2) is 0 Å². The van der Waals surface area contributed by atoms with Gasteiger partial charge in [-0.05, 0) is 51.2 Å². The van der Waals surface area contributed by atoms with Gasteiger partial charge in [-0.3, -0.25) is 4.79 Å². The van der Waals surface area contributed by atoms with Crippen LogP contribution in [0.1, 0.15) is 45.4 Å². The Morgan fingerprint density at radius 1 is 1.38 bits per heavy atom. The van der Waals surface area contributed by atoms with Crippen LogP contribution in [0, 0.1) is 11.3 Å². The molecule has 1 aliphatic heterocycles. The van der Waals surface area contributed by atoms with E-state index in [0.717, 1.165) is 38.3 Å². The maximum Gasteiger partial charge on any atom is 0.223 e. The van der Waals surface area contributed by atoms with Crippen LogP contribution in [-0.2, 0) is 4.79 Å². The number of carbonyl (C=O) groups is 1.